The van der Waals surface area contributed by atoms with Crippen molar-refractivity contribution in [1.82, 2.24) is 4.90 Å². The van der Waals surface area contributed by atoms with E-state index < -0.39 is 24.3 Å². The molecule has 120 valence electrons. The standard InChI is InChI=1S/C16H14FNO4S/c1-9-14-10(17)4-2-5-11(14)23-15(9)16(21)22-8-13(20)18-7-3-6-12(18)19/h2,4-5H,3,6-8H2,1H3. The molecule has 0 spiro atoms. The number of imide groups is 1. The number of amides is 2. The minimum Gasteiger partial charge on any atom is -0.451 e. The van der Waals surface area contributed by atoms with E-state index in [-0.39, 0.29) is 10.8 Å². The van der Waals surface area contributed by atoms with Gasteiger partial charge in [0.1, 0.15) is 10.7 Å². The normalized spacial score (nSPS) is 14.5. The highest BCUT2D eigenvalue weighted by molar-refractivity contribution is 7.21. The van der Waals surface area contributed by atoms with E-state index in [9.17, 15) is 18.8 Å². The second-order valence-corrected chi connectivity index (χ2v) is 6.34. The Balaban J connectivity index is 1.74. The van der Waals surface area contributed by atoms with E-state index >= 15 is 0 Å². The lowest BCUT2D eigenvalue weighted by molar-refractivity contribution is -0.143. The van der Waals surface area contributed by atoms with Crippen molar-refractivity contribution in [1.29, 1.82) is 0 Å². The van der Waals surface area contributed by atoms with E-state index in [1.54, 1.807) is 19.1 Å². The molecule has 0 N–H and O–H groups in total. The molecule has 0 bridgehead atoms. The van der Waals surface area contributed by atoms with Crippen LogP contribution in [0.4, 0.5) is 4.39 Å². The van der Waals surface area contributed by atoms with E-state index in [2.05, 4.69) is 0 Å². The van der Waals surface area contributed by atoms with Crippen molar-refractivity contribution in [2.45, 2.75) is 19.8 Å². The summed E-state index contributed by atoms with van der Waals surface area (Å²) >= 11 is 1.12. The fraction of sp³-hybridized carbons (Fsp3) is 0.312. The molecule has 23 heavy (non-hydrogen) atoms. The van der Waals surface area contributed by atoms with Crippen LogP contribution < -0.4 is 0 Å². The highest BCUT2D eigenvalue weighted by Crippen LogP contribution is 2.32. The predicted molar refractivity (Wildman–Crippen MR) is 82.8 cm³/mol. The van der Waals surface area contributed by atoms with Crippen molar-refractivity contribution < 1.29 is 23.5 Å². The Bertz CT molecular complexity index is 814. The molecule has 0 saturated carbocycles. The number of rotatable bonds is 3. The third kappa shape index (κ3) is 2.84. The fourth-order valence-electron chi connectivity index (χ4n) is 2.63. The number of thiophene rings is 1. The molecule has 1 aromatic carbocycles. The Morgan fingerprint density at radius 3 is 2.83 bits per heavy atom. The minimum absolute atomic E-state index is 0.244. The lowest BCUT2D eigenvalue weighted by atomic mass is 10.1. The Morgan fingerprint density at radius 2 is 2.17 bits per heavy atom. The Kier molecular flexibility index (Phi) is 4.12. The van der Waals surface area contributed by atoms with Gasteiger partial charge in [-0.05, 0) is 31.0 Å². The number of benzene rings is 1. The van der Waals surface area contributed by atoms with Crippen molar-refractivity contribution in [3.8, 4) is 0 Å². The first-order valence-electron chi connectivity index (χ1n) is 7.17. The van der Waals surface area contributed by atoms with Gasteiger partial charge in [0, 0.05) is 23.1 Å². The molecule has 0 aliphatic carbocycles. The van der Waals surface area contributed by atoms with Gasteiger partial charge in [-0.15, -0.1) is 11.3 Å². The molecule has 0 radical (unpaired) electrons. The van der Waals surface area contributed by atoms with E-state index in [0.717, 1.165) is 16.2 Å². The third-order valence-electron chi connectivity index (χ3n) is 3.79. The number of esters is 1. The van der Waals surface area contributed by atoms with Crippen molar-refractivity contribution >= 4 is 39.2 Å². The van der Waals surface area contributed by atoms with Gasteiger partial charge in [0.05, 0.1) is 0 Å². The lowest BCUT2D eigenvalue weighted by Crippen LogP contribution is -2.35. The van der Waals surface area contributed by atoms with Crippen LogP contribution >= 0.6 is 11.3 Å². The van der Waals surface area contributed by atoms with Crippen molar-refractivity contribution in [2.75, 3.05) is 13.2 Å². The molecule has 1 saturated heterocycles. The number of carbonyl (C=O) groups is 3. The summed E-state index contributed by atoms with van der Waals surface area (Å²) in [5, 5.41) is 0.394. The van der Waals surface area contributed by atoms with Crippen LogP contribution in [0.1, 0.15) is 28.1 Å². The molecule has 1 aliphatic heterocycles. The van der Waals surface area contributed by atoms with Crippen molar-refractivity contribution in [3.05, 3.63) is 34.5 Å². The summed E-state index contributed by atoms with van der Waals surface area (Å²) in [4.78, 5) is 36.9. The molecule has 2 aromatic rings. The minimum atomic E-state index is -0.678. The lowest BCUT2D eigenvalue weighted by Gasteiger charge is -2.13. The quantitative estimate of drug-likeness (QED) is 0.809. The molecule has 2 amide bonds. The zero-order valence-corrected chi connectivity index (χ0v) is 13.2. The van der Waals surface area contributed by atoms with Gasteiger partial charge in [0.25, 0.3) is 5.91 Å². The Hall–Kier alpha value is -2.28. The third-order valence-corrected chi connectivity index (χ3v) is 5.03. The van der Waals surface area contributed by atoms with Gasteiger partial charge >= 0.3 is 5.97 Å². The molecule has 7 heteroatoms. The molecule has 1 aromatic heterocycles. The number of aryl methyl sites for hydroxylation is 1. The zero-order valence-electron chi connectivity index (χ0n) is 12.4. The number of hydrogen-bond acceptors (Lipinski definition) is 5. The molecule has 5 nitrogen and oxygen atoms in total. The van der Waals surface area contributed by atoms with E-state index in [1.807, 2.05) is 0 Å². The van der Waals surface area contributed by atoms with Gasteiger partial charge in [-0.1, -0.05) is 6.07 Å². The molecule has 0 unspecified atom stereocenters. The second-order valence-electron chi connectivity index (χ2n) is 5.29. The van der Waals surface area contributed by atoms with Gasteiger partial charge < -0.3 is 4.74 Å². The van der Waals surface area contributed by atoms with Crippen LogP contribution in [0.2, 0.25) is 0 Å². The molecule has 1 aliphatic rings. The maximum absolute atomic E-state index is 13.8. The van der Waals surface area contributed by atoms with E-state index in [1.165, 1.54) is 6.07 Å². The summed E-state index contributed by atoms with van der Waals surface area (Å²) in [5.74, 6) is -1.84. The summed E-state index contributed by atoms with van der Waals surface area (Å²) in [5.41, 5.74) is 0.498. The second kappa shape index (κ2) is 6.08. The van der Waals surface area contributed by atoms with E-state index in [0.29, 0.717) is 35.0 Å². The summed E-state index contributed by atoms with van der Waals surface area (Å²) < 4.78 is 19.5. The first kappa shape index (κ1) is 15.6. The Morgan fingerprint density at radius 1 is 1.39 bits per heavy atom. The number of nitrogens with zero attached hydrogens (tertiary/aromatic N) is 1. The summed E-state index contributed by atoms with van der Waals surface area (Å²) in [7, 11) is 0. The molecule has 3 rings (SSSR count). The monoisotopic (exact) mass is 335 g/mol. The van der Waals surface area contributed by atoms with Crippen LogP contribution in [-0.2, 0) is 14.3 Å². The highest BCUT2D eigenvalue weighted by Gasteiger charge is 2.27. The van der Waals surface area contributed by atoms with Crippen molar-refractivity contribution in [2.24, 2.45) is 0 Å². The first-order valence-corrected chi connectivity index (χ1v) is 7.98. The van der Waals surface area contributed by atoms with Crippen LogP contribution in [0.3, 0.4) is 0 Å². The summed E-state index contributed by atoms with van der Waals surface area (Å²) in [6, 6.07) is 4.63. The maximum atomic E-state index is 13.8. The van der Waals surface area contributed by atoms with Gasteiger partial charge in [-0.2, -0.15) is 0 Å². The molecular formula is C16H14FNO4S. The Labute approximate surface area is 135 Å². The maximum Gasteiger partial charge on any atom is 0.349 e. The molecule has 0 atom stereocenters. The number of hydrogen-bond donors (Lipinski definition) is 0. The molecular weight excluding hydrogens is 321 g/mol. The average Bonchev–Trinajstić information content (AvgIpc) is 3.09. The van der Waals surface area contributed by atoms with Crippen LogP contribution in [-0.4, -0.2) is 35.8 Å². The van der Waals surface area contributed by atoms with Crippen LogP contribution in [0.25, 0.3) is 10.1 Å². The van der Waals surface area contributed by atoms with Gasteiger partial charge in [0.15, 0.2) is 6.61 Å². The number of likely N-dealkylation sites (tertiary alicyclic amines) is 1. The number of halogens is 1. The fourth-order valence-corrected chi connectivity index (χ4v) is 3.75. The largest absolute Gasteiger partial charge is 0.451 e. The molecule has 1 fully saturated rings. The number of fused-ring (bicyclic) bond motifs is 1. The zero-order chi connectivity index (χ0) is 16.6. The van der Waals surface area contributed by atoms with Crippen molar-refractivity contribution in [3.63, 3.8) is 0 Å². The first-order chi connectivity index (χ1) is 11.0. The highest BCUT2D eigenvalue weighted by atomic mass is 32.1. The van der Waals surface area contributed by atoms with Crippen LogP contribution in [0, 0.1) is 12.7 Å². The predicted octanol–water partition coefficient (Wildman–Crippen LogP) is 2.65. The topological polar surface area (TPSA) is 63.7 Å². The van der Waals surface area contributed by atoms with Gasteiger partial charge in [-0.3, -0.25) is 14.5 Å². The molecule has 2 heterocycles. The van der Waals surface area contributed by atoms with Crippen LogP contribution in [0.15, 0.2) is 18.2 Å². The smallest absolute Gasteiger partial charge is 0.349 e. The van der Waals surface area contributed by atoms with Gasteiger partial charge in [-0.25, -0.2) is 9.18 Å². The SMILES string of the molecule is Cc1c(C(=O)OCC(=O)N2CCCC2=O)sc2cccc(F)c12. The number of ether oxygens (including phenoxy) is 1. The number of carbonyl (C=O) groups excluding carboxylic acids is 3. The summed E-state index contributed by atoms with van der Waals surface area (Å²) in [6.45, 7) is 1.52. The van der Waals surface area contributed by atoms with E-state index in [4.69, 9.17) is 4.74 Å². The summed E-state index contributed by atoms with van der Waals surface area (Å²) in [6.07, 6.45) is 0.974. The average molecular weight is 335 g/mol. The van der Waals surface area contributed by atoms with Crippen LogP contribution in [0.5, 0.6) is 0 Å². The van der Waals surface area contributed by atoms with Gasteiger partial charge in [0.2, 0.25) is 5.91 Å².